The van der Waals surface area contributed by atoms with E-state index in [1.165, 1.54) is 18.2 Å². The van der Waals surface area contributed by atoms with E-state index in [-0.39, 0.29) is 19.0 Å². The molecule has 0 radical (unpaired) electrons. The monoisotopic (exact) mass is 332 g/mol. The summed E-state index contributed by atoms with van der Waals surface area (Å²) in [6, 6.07) is 10.3. The molecular formula is C17H17FN2O4. The number of para-hydroxylation sites is 1. The van der Waals surface area contributed by atoms with E-state index in [9.17, 15) is 14.3 Å². The van der Waals surface area contributed by atoms with Gasteiger partial charge in [-0.15, -0.1) is 0 Å². The second-order valence-corrected chi connectivity index (χ2v) is 5.63. The SMILES string of the molecule is CC(O)(CNC(=O)Nc1ccccc1F)c1ccc2c(c1)OCO2. The van der Waals surface area contributed by atoms with Crippen LogP contribution in [0.3, 0.4) is 0 Å². The van der Waals surface area contributed by atoms with E-state index >= 15 is 0 Å². The van der Waals surface area contributed by atoms with Crippen LogP contribution in [0.4, 0.5) is 14.9 Å². The number of fused-ring (bicyclic) bond motifs is 1. The Balaban J connectivity index is 1.62. The Bertz CT molecular complexity index is 764. The lowest BCUT2D eigenvalue weighted by Gasteiger charge is -2.24. The van der Waals surface area contributed by atoms with Crippen LogP contribution in [0.2, 0.25) is 0 Å². The molecule has 2 aromatic rings. The highest BCUT2D eigenvalue weighted by atomic mass is 19.1. The lowest BCUT2D eigenvalue weighted by Crippen LogP contribution is -2.40. The normalized spacial score (nSPS) is 14.8. The summed E-state index contributed by atoms with van der Waals surface area (Å²) in [5.41, 5.74) is -0.691. The minimum Gasteiger partial charge on any atom is -0.454 e. The number of nitrogens with one attached hydrogen (secondary N) is 2. The summed E-state index contributed by atoms with van der Waals surface area (Å²) in [4.78, 5) is 11.9. The van der Waals surface area contributed by atoms with E-state index < -0.39 is 17.4 Å². The Hall–Kier alpha value is -2.80. The fourth-order valence-electron chi connectivity index (χ4n) is 2.32. The van der Waals surface area contributed by atoms with E-state index in [1.54, 1.807) is 31.2 Å². The molecule has 1 aliphatic heterocycles. The largest absolute Gasteiger partial charge is 0.454 e. The predicted molar refractivity (Wildman–Crippen MR) is 85.6 cm³/mol. The Kier molecular flexibility index (Phi) is 4.26. The maximum atomic E-state index is 13.5. The van der Waals surface area contributed by atoms with Gasteiger partial charge in [-0.3, -0.25) is 0 Å². The predicted octanol–water partition coefficient (Wildman–Crippen LogP) is 2.58. The summed E-state index contributed by atoms with van der Waals surface area (Å²) in [5.74, 6) is 0.624. The molecule has 1 aliphatic rings. The van der Waals surface area contributed by atoms with E-state index in [0.717, 1.165) is 0 Å². The number of amides is 2. The zero-order valence-corrected chi connectivity index (χ0v) is 13.0. The Morgan fingerprint density at radius 2 is 2.00 bits per heavy atom. The smallest absolute Gasteiger partial charge is 0.319 e. The van der Waals surface area contributed by atoms with Crippen molar-refractivity contribution < 1.29 is 23.8 Å². The molecule has 2 aromatic carbocycles. The van der Waals surface area contributed by atoms with E-state index in [1.807, 2.05) is 0 Å². The molecule has 0 aromatic heterocycles. The number of urea groups is 1. The molecule has 126 valence electrons. The number of hydrogen-bond acceptors (Lipinski definition) is 4. The van der Waals surface area contributed by atoms with Gasteiger partial charge in [0, 0.05) is 0 Å². The molecule has 1 atom stereocenters. The highest BCUT2D eigenvalue weighted by Gasteiger charge is 2.26. The Labute approximate surface area is 138 Å². The van der Waals surface area contributed by atoms with Crippen molar-refractivity contribution in [3.63, 3.8) is 0 Å². The van der Waals surface area contributed by atoms with E-state index in [4.69, 9.17) is 9.47 Å². The van der Waals surface area contributed by atoms with Crippen molar-refractivity contribution in [3.05, 3.63) is 53.8 Å². The number of anilines is 1. The fourth-order valence-corrected chi connectivity index (χ4v) is 2.32. The van der Waals surface area contributed by atoms with Gasteiger partial charge in [0.15, 0.2) is 11.5 Å². The molecule has 1 heterocycles. The zero-order valence-electron chi connectivity index (χ0n) is 13.0. The van der Waals surface area contributed by atoms with Crippen molar-refractivity contribution in [2.24, 2.45) is 0 Å². The van der Waals surface area contributed by atoms with Crippen LogP contribution in [0.25, 0.3) is 0 Å². The molecule has 2 amide bonds. The summed E-state index contributed by atoms with van der Waals surface area (Å²) in [6.07, 6.45) is 0. The third-order valence-electron chi connectivity index (χ3n) is 3.71. The van der Waals surface area contributed by atoms with Crippen LogP contribution in [-0.2, 0) is 5.60 Å². The van der Waals surface area contributed by atoms with Crippen molar-refractivity contribution in [1.29, 1.82) is 0 Å². The molecule has 6 nitrogen and oxygen atoms in total. The number of benzene rings is 2. The highest BCUT2D eigenvalue weighted by Crippen LogP contribution is 2.35. The maximum absolute atomic E-state index is 13.5. The van der Waals surface area contributed by atoms with Crippen LogP contribution in [-0.4, -0.2) is 24.5 Å². The van der Waals surface area contributed by atoms with E-state index in [2.05, 4.69) is 10.6 Å². The van der Waals surface area contributed by atoms with Crippen molar-refractivity contribution in [2.45, 2.75) is 12.5 Å². The molecule has 3 N–H and O–H groups in total. The van der Waals surface area contributed by atoms with Gasteiger partial charge < -0.3 is 25.2 Å². The third-order valence-corrected chi connectivity index (χ3v) is 3.71. The van der Waals surface area contributed by atoms with Crippen LogP contribution in [0.1, 0.15) is 12.5 Å². The fraction of sp³-hybridized carbons (Fsp3) is 0.235. The molecule has 24 heavy (non-hydrogen) atoms. The van der Waals surface area contributed by atoms with Gasteiger partial charge in [0.2, 0.25) is 6.79 Å². The lowest BCUT2D eigenvalue weighted by atomic mass is 9.95. The molecule has 1 unspecified atom stereocenters. The second kappa shape index (κ2) is 6.37. The minimum absolute atomic E-state index is 0.0626. The van der Waals surface area contributed by atoms with Crippen LogP contribution >= 0.6 is 0 Å². The molecular weight excluding hydrogens is 315 g/mol. The maximum Gasteiger partial charge on any atom is 0.319 e. The van der Waals surface area contributed by atoms with Crippen molar-refractivity contribution in [1.82, 2.24) is 5.32 Å². The molecule has 0 saturated heterocycles. The van der Waals surface area contributed by atoms with Crippen LogP contribution < -0.4 is 20.1 Å². The summed E-state index contributed by atoms with van der Waals surface area (Å²) in [7, 11) is 0. The van der Waals surface area contributed by atoms with Gasteiger partial charge in [-0.25, -0.2) is 9.18 Å². The van der Waals surface area contributed by atoms with Gasteiger partial charge in [-0.05, 0) is 36.8 Å². The summed E-state index contributed by atoms with van der Waals surface area (Å²) in [6.45, 7) is 1.64. The zero-order chi connectivity index (χ0) is 17.2. The average Bonchev–Trinajstić information content (AvgIpc) is 3.03. The van der Waals surface area contributed by atoms with Crippen LogP contribution in [0.5, 0.6) is 11.5 Å². The first-order valence-electron chi connectivity index (χ1n) is 7.37. The van der Waals surface area contributed by atoms with Crippen molar-refractivity contribution in [3.8, 4) is 11.5 Å². The summed E-state index contributed by atoms with van der Waals surface area (Å²) < 4.78 is 24.0. The van der Waals surface area contributed by atoms with Gasteiger partial charge in [-0.1, -0.05) is 18.2 Å². The lowest BCUT2D eigenvalue weighted by molar-refractivity contribution is 0.0597. The van der Waals surface area contributed by atoms with Gasteiger partial charge in [0.1, 0.15) is 11.4 Å². The topological polar surface area (TPSA) is 79.8 Å². The Morgan fingerprint density at radius 3 is 2.79 bits per heavy atom. The third kappa shape index (κ3) is 3.41. The molecule has 0 aliphatic carbocycles. The summed E-state index contributed by atoms with van der Waals surface area (Å²) >= 11 is 0. The molecule has 0 saturated carbocycles. The highest BCUT2D eigenvalue weighted by molar-refractivity contribution is 5.89. The minimum atomic E-state index is -1.33. The molecule has 3 rings (SSSR count). The van der Waals surface area contributed by atoms with Crippen LogP contribution in [0.15, 0.2) is 42.5 Å². The summed E-state index contributed by atoms with van der Waals surface area (Å²) in [5, 5.41) is 15.5. The first-order chi connectivity index (χ1) is 11.5. The second-order valence-electron chi connectivity index (χ2n) is 5.63. The molecule has 7 heteroatoms. The number of aliphatic hydroxyl groups is 1. The van der Waals surface area contributed by atoms with Gasteiger partial charge in [-0.2, -0.15) is 0 Å². The number of hydrogen-bond donors (Lipinski definition) is 3. The number of carbonyl (C=O) groups excluding carboxylic acids is 1. The standard InChI is InChI=1S/C17H17FN2O4/c1-17(22,11-6-7-14-15(8-11)24-10-23-14)9-19-16(21)20-13-5-3-2-4-12(13)18/h2-8,22H,9-10H2,1H3,(H2,19,20,21). The van der Waals surface area contributed by atoms with Gasteiger partial charge in [0.25, 0.3) is 0 Å². The van der Waals surface area contributed by atoms with Crippen molar-refractivity contribution in [2.75, 3.05) is 18.7 Å². The quantitative estimate of drug-likeness (QED) is 0.804. The molecule has 0 fully saturated rings. The number of halogens is 1. The number of carbonyl (C=O) groups is 1. The van der Waals surface area contributed by atoms with Gasteiger partial charge >= 0.3 is 6.03 Å². The van der Waals surface area contributed by atoms with Gasteiger partial charge in [0.05, 0.1) is 12.2 Å². The molecule has 0 bridgehead atoms. The van der Waals surface area contributed by atoms with E-state index in [0.29, 0.717) is 17.1 Å². The number of rotatable bonds is 4. The van der Waals surface area contributed by atoms with Crippen molar-refractivity contribution >= 4 is 11.7 Å². The number of ether oxygens (including phenoxy) is 2. The first-order valence-corrected chi connectivity index (χ1v) is 7.37. The van der Waals surface area contributed by atoms with Crippen LogP contribution in [0, 0.1) is 5.82 Å². The Morgan fingerprint density at radius 1 is 1.25 bits per heavy atom. The first kappa shape index (κ1) is 16.1. The average molecular weight is 332 g/mol. The molecule has 0 spiro atoms.